The Hall–Kier alpha value is -1.96. The predicted octanol–water partition coefficient (Wildman–Crippen LogP) is 4.38. The first-order chi connectivity index (χ1) is 11.6. The number of rotatable bonds is 5. The van der Waals surface area contributed by atoms with E-state index in [2.05, 4.69) is 18.3 Å². The van der Waals surface area contributed by atoms with Gasteiger partial charge in [-0.25, -0.2) is 4.79 Å². The number of nitriles is 1. The third-order valence-corrected chi connectivity index (χ3v) is 4.33. The molecule has 25 heavy (non-hydrogen) atoms. The van der Waals surface area contributed by atoms with Gasteiger partial charge in [-0.2, -0.15) is 5.26 Å². The lowest BCUT2D eigenvalue weighted by Crippen LogP contribution is -2.47. The van der Waals surface area contributed by atoms with E-state index in [-0.39, 0.29) is 12.1 Å². The molecule has 0 aliphatic carbocycles. The summed E-state index contributed by atoms with van der Waals surface area (Å²) in [6.07, 6.45) is 6.67. The van der Waals surface area contributed by atoms with Crippen LogP contribution in [0.1, 0.15) is 60.8 Å². The molecule has 0 saturated carbocycles. The monoisotopic (exact) mass is 347 g/mol. The molecule has 1 heterocycles. The van der Waals surface area contributed by atoms with Crippen molar-refractivity contribution in [1.29, 1.82) is 5.26 Å². The maximum atomic E-state index is 12.2. The third-order valence-electron chi connectivity index (χ3n) is 4.33. The molecule has 1 aliphatic rings. The molecule has 1 amide bonds. The number of nitrogens with one attached hydrogen (secondary N) is 1. The highest BCUT2D eigenvalue weighted by Crippen LogP contribution is 2.26. The van der Waals surface area contributed by atoms with Crippen molar-refractivity contribution in [2.75, 3.05) is 13.1 Å². The lowest BCUT2D eigenvalue weighted by Gasteiger charge is -2.38. The second-order valence-electron chi connectivity index (χ2n) is 7.94. The first-order valence-electron chi connectivity index (χ1n) is 9.11. The summed E-state index contributed by atoms with van der Waals surface area (Å²) in [7, 11) is 0. The van der Waals surface area contributed by atoms with Crippen molar-refractivity contribution in [2.24, 2.45) is 5.92 Å². The van der Waals surface area contributed by atoms with Crippen molar-refractivity contribution < 1.29 is 9.53 Å². The summed E-state index contributed by atoms with van der Waals surface area (Å²) >= 11 is 0. The largest absolute Gasteiger partial charge is 0.444 e. The first-order valence-corrected chi connectivity index (χ1v) is 9.11. The maximum Gasteiger partial charge on any atom is 0.410 e. The van der Waals surface area contributed by atoms with E-state index in [0.717, 1.165) is 38.0 Å². The molecule has 1 aliphatic heterocycles. The number of hydrogen-bond acceptors (Lipinski definition) is 4. The minimum atomic E-state index is -0.445. The van der Waals surface area contributed by atoms with Gasteiger partial charge in [0, 0.05) is 30.4 Å². The van der Waals surface area contributed by atoms with E-state index in [4.69, 9.17) is 10.00 Å². The van der Waals surface area contributed by atoms with Crippen LogP contribution in [0.15, 0.2) is 23.4 Å². The Morgan fingerprint density at radius 1 is 1.36 bits per heavy atom. The summed E-state index contributed by atoms with van der Waals surface area (Å²) < 4.78 is 5.49. The van der Waals surface area contributed by atoms with Gasteiger partial charge < -0.3 is 15.0 Å². The Kier molecular flexibility index (Phi) is 8.02. The number of carbonyl (C=O) groups is 1. The van der Waals surface area contributed by atoms with Crippen molar-refractivity contribution in [1.82, 2.24) is 10.2 Å². The number of hydrogen-bond donors (Lipinski definition) is 1. The van der Waals surface area contributed by atoms with Crippen molar-refractivity contribution in [3.05, 3.63) is 23.4 Å². The molecule has 1 fully saturated rings. The zero-order valence-electron chi connectivity index (χ0n) is 16.6. The smallest absolute Gasteiger partial charge is 0.410 e. The highest BCUT2D eigenvalue weighted by atomic mass is 16.6. The molecule has 2 atom stereocenters. The van der Waals surface area contributed by atoms with Crippen LogP contribution in [0.25, 0.3) is 0 Å². The summed E-state index contributed by atoms with van der Waals surface area (Å²) in [4.78, 5) is 14.1. The van der Waals surface area contributed by atoms with E-state index in [1.807, 2.05) is 44.7 Å². The molecule has 140 valence electrons. The summed E-state index contributed by atoms with van der Waals surface area (Å²) in [5, 5.41) is 12.1. The van der Waals surface area contributed by atoms with Crippen molar-refractivity contribution in [3.63, 3.8) is 0 Å². The standard InChI is InChI=1S/C20H33N3O2/c1-15(14-21)7-8-16(2)22-11-9-18-10-12-23(17(3)13-18)19(24)25-20(4,5)6/h7-8,17-18,22H,9-13H2,1-6H3/b15-7-,16-8+. The number of piperidine rings is 1. The van der Waals surface area contributed by atoms with E-state index >= 15 is 0 Å². The number of likely N-dealkylation sites (tertiary alicyclic amines) is 1. The highest BCUT2D eigenvalue weighted by molar-refractivity contribution is 5.68. The summed E-state index contributed by atoms with van der Waals surface area (Å²) in [5.74, 6) is 0.616. The van der Waals surface area contributed by atoms with Crippen LogP contribution in [0, 0.1) is 17.2 Å². The van der Waals surface area contributed by atoms with Gasteiger partial charge in [0.2, 0.25) is 0 Å². The molecule has 5 heteroatoms. The maximum absolute atomic E-state index is 12.2. The number of nitrogens with zero attached hydrogens (tertiary/aromatic N) is 2. The Labute approximate surface area is 152 Å². The Bertz CT molecular complexity index is 552. The molecule has 1 N–H and O–H groups in total. The Balaban J connectivity index is 2.38. The van der Waals surface area contributed by atoms with Crippen molar-refractivity contribution in [3.8, 4) is 6.07 Å². The van der Waals surface area contributed by atoms with E-state index in [0.29, 0.717) is 11.5 Å². The topological polar surface area (TPSA) is 65.4 Å². The van der Waals surface area contributed by atoms with E-state index in [1.165, 1.54) is 0 Å². The molecule has 1 rings (SSSR count). The average molecular weight is 348 g/mol. The van der Waals surface area contributed by atoms with Crippen molar-refractivity contribution >= 4 is 6.09 Å². The molecule has 1 saturated heterocycles. The molecule has 0 aromatic heterocycles. The fraction of sp³-hybridized carbons (Fsp3) is 0.700. The highest BCUT2D eigenvalue weighted by Gasteiger charge is 2.31. The molecule has 0 aromatic carbocycles. The summed E-state index contributed by atoms with van der Waals surface area (Å²) in [5.41, 5.74) is 1.32. The van der Waals surface area contributed by atoms with Gasteiger partial charge in [0.25, 0.3) is 0 Å². The molecular formula is C20H33N3O2. The van der Waals surface area contributed by atoms with Crippen LogP contribution in [0.3, 0.4) is 0 Å². The molecule has 0 radical (unpaired) electrons. The first kappa shape index (κ1) is 21.1. The second-order valence-corrected chi connectivity index (χ2v) is 7.94. The number of allylic oxidation sites excluding steroid dienone is 4. The normalized spacial score (nSPS) is 22.4. The van der Waals surface area contributed by atoms with Gasteiger partial charge in [-0.15, -0.1) is 0 Å². The van der Waals surface area contributed by atoms with Gasteiger partial charge in [0.15, 0.2) is 0 Å². The van der Waals surface area contributed by atoms with Gasteiger partial charge in [-0.05, 0) is 78.9 Å². The minimum absolute atomic E-state index is 0.199. The van der Waals surface area contributed by atoms with Crippen LogP contribution in [0.2, 0.25) is 0 Å². The van der Waals surface area contributed by atoms with Gasteiger partial charge in [0.1, 0.15) is 5.60 Å². The molecule has 2 unspecified atom stereocenters. The fourth-order valence-electron chi connectivity index (χ4n) is 2.94. The van der Waals surface area contributed by atoms with Crippen LogP contribution < -0.4 is 5.32 Å². The average Bonchev–Trinajstić information content (AvgIpc) is 2.50. The lowest BCUT2D eigenvalue weighted by molar-refractivity contribution is 0.00680. The second kappa shape index (κ2) is 9.50. The van der Waals surface area contributed by atoms with E-state index in [1.54, 1.807) is 6.92 Å². The van der Waals surface area contributed by atoms with Gasteiger partial charge in [-0.3, -0.25) is 0 Å². The van der Waals surface area contributed by atoms with Crippen LogP contribution in [-0.2, 0) is 4.74 Å². The SMILES string of the molecule is C/C(C#N)=C/C=C(\C)NCCC1CCN(C(=O)OC(C)(C)C)C(C)C1. The van der Waals surface area contributed by atoms with Crippen LogP contribution in [0.4, 0.5) is 4.79 Å². The van der Waals surface area contributed by atoms with Gasteiger partial charge in [0.05, 0.1) is 6.07 Å². The fourth-order valence-corrected chi connectivity index (χ4v) is 2.94. The van der Waals surface area contributed by atoms with Gasteiger partial charge in [-0.1, -0.05) is 0 Å². The minimum Gasteiger partial charge on any atom is -0.444 e. The van der Waals surface area contributed by atoms with Crippen molar-refractivity contribution in [2.45, 2.75) is 72.4 Å². The third kappa shape index (κ3) is 8.11. The van der Waals surface area contributed by atoms with Crippen LogP contribution >= 0.6 is 0 Å². The summed E-state index contributed by atoms with van der Waals surface area (Å²) in [6.45, 7) is 13.3. The number of carbonyl (C=O) groups excluding carboxylic acids is 1. The molecular weight excluding hydrogens is 314 g/mol. The Morgan fingerprint density at radius 3 is 2.60 bits per heavy atom. The van der Waals surface area contributed by atoms with Crippen LogP contribution in [0.5, 0.6) is 0 Å². The molecule has 0 bridgehead atoms. The molecule has 5 nitrogen and oxygen atoms in total. The molecule has 0 aromatic rings. The Morgan fingerprint density at radius 2 is 2.04 bits per heavy atom. The number of ether oxygens (including phenoxy) is 1. The van der Waals surface area contributed by atoms with Gasteiger partial charge >= 0.3 is 6.09 Å². The lowest BCUT2D eigenvalue weighted by atomic mass is 9.89. The number of amides is 1. The van der Waals surface area contributed by atoms with E-state index < -0.39 is 5.60 Å². The van der Waals surface area contributed by atoms with Crippen LogP contribution in [-0.4, -0.2) is 35.7 Å². The molecule has 0 spiro atoms. The predicted molar refractivity (Wildman–Crippen MR) is 101 cm³/mol. The summed E-state index contributed by atoms with van der Waals surface area (Å²) in [6, 6.07) is 2.32. The quantitative estimate of drug-likeness (QED) is 0.592. The zero-order valence-corrected chi connectivity index (χ0v) is 16.6. The zero-order chi connectivity index (χ0) is 19.0. The van der Waals surface area contributed by atoms with E-state index in [9.17, 15) is 4.79 Å².